The summed E-state index contributed by atoms with van der Waals surface area (Å²) in [6, 6.07) is 21.2. The van der Waals surface area contributed by atoms with Gasteiger partial charge in [0.25, 0.3) is 5.91 Å². The molecule has 10 nitrogen and oxygen atoms in total. The number of nitrogens with one attached hydrogen (secondary N) is 1. The standard InChI is InChI=1S/C28H27BrN6O4S2/c1-33(2)41(38,39)23-13-7-20(8-14-23)27(37)30-17-25-31-32-28(35(25)22-11-9-21(29)10-12-22)40-18-26(36)34-16-15-19-5-3-4-6-24(19)34/h3-14H,15-18H2,1-2H3,(H,30,37). The van der Waals surface area contributed by atoms with E-state index in [1.807, 2.05) is 53.1 Å². The van der Waals surface area contributed by atoms with Crippen LogP contribution in [0.15, 0.2) is 87.3 Å². The maximum Gasteiger partial charge on any atom is 0.251 e. The molecule has 1 N–H and O–H groups in total. The molecule has 212 valence electrons. The largest absolute Gasteiger partial charge is 0.345 e. The number of carbonyl (C=O) groups excluding carboxylic acids is 2. The Hall–Kier alpha value is -3.52. The van der Waals surface area contributed by atoms with E-state index in [0.717, 1.165) is 32.1 Å². The summed E-state index contributed by atoms with van der Waals surface area (Å²) in [5.74, 6) is 0.257. The van der Waals surface area contributed by atoms with Crippen LogP contribution in [-0.4, -0.2) is 65.7 Å². The van der Waals surface area contributed by atoms with Gasteiger partial charge in [-0.05, 0) is 66.6 Å². The van der Waals surface area contributed by atoms with E-state index in [9.17, 15) is 18.0 Å². The molecule has 41 heavy (non-hydrogen) atoms. The van der Waals surface area contributed by atoms with E-state index in [0.29, 0.717) is 23.1 Å². The second kappa shape index (κ2) is 12.1. The van der Waals surface area contributed by atoms with Gasteiger partial charge in [-0.25, -0.2) is 12.7 Å². The summed E-state index contributed by atoms with van der Waals surface area (Å²) in [4.78, 5) is 27.9. The average Bonchev–Trinajstić information content (AvgIpc) is 3.59. The van der Waals surface area contributed by atoms with E-state index in [1.54, 1.807) is 4.90 Å². The molecule has 0 spiro atoms. The third-order valence-corrected chi connectivity index (χ3v) is 9.87. The molecule has 1 aromatic heterocycles. The lowest BCUT2D eigenvalue weighted by Crippen LogP contribution is -2.30. The third kappa shape index (κ3) is 6.22. The first-order valence-corrected chi connectivity index (χ1v) is 15.9. The van der Waals surface area contributed by atoms with Crippen LogP contribution in [0, 0.1) is 0 Å². The fourth-order valence-electron chi connectivity index (χ4n) is 4.41. The number of nitrogens with zero attached hydrogens (tertiary/aromatic N) is 5. The molecule has 1 aliphatic rings. The Balaban J connectivity index is 1.32. The number of anilines is 1. The van der Waals surface area contributed by atoms with Crippen molar-refractivity contribution in [3.63, 3.8) is 0 Å². The fraction of sp³-hybridized carbons (Fsp3) is 0.214. The van der Waals surface area contributed by atoms with Crippen LogP contribution < -0.4 is 10.2 Å². The van der Waals surface area contributed by atoms with Crippen LogP contribution in [0.1, 0.15) is 21.7 Å². The number of fused-ring (bicyclic) bond motifs is 1. The van der Waals surface area contributed by atoms with Crippen molar-refractivity contribution in [2.45, 2.75) is 23.0 Å². The number of halogens is 1. The highest BCUT2D eigenvalue weighted by Crippen LogP contribution is 2.29. The predicted molar refractivity (Wildman–Crippen MR) is 161 cm³/mol. The minimum absolute atomic E-state index is 0.0140. The summed E-state index contributed by atoms with van der Waals surface area (Å²) in [5.41, 5.74) is 3.20. The van der Waals surface area contributed by atoms with E-state index < -0.39 is 10.0 Å². The summed E-state index contributed by atoms with van der Waals surface area (Å²) in [7, 11) is -0.696. The van der Waals surface area contributed by atoms with Crippen molar-refractivity contribution >= 4 is 55.2 Å². The summed E-state index contributed by atoms with van der Waals surface area (Å²) < 4.78 is 28.5. The zero-order valence-corrected chi connectivity index (χ0v) is 25.5. The highest BCUT2D eigenvalue weighted by Gasteiger charge is 2.25. The fourth-order valence-corrected chi connectivity index (χ4v) is 6.42. The number of sulfonamides is 1. The van der Waals surface area contributed by atoms with Crippen LogP contribution in [0.25, 0.3) is 5.69 Å². The molecule has 0 atom stereocenters. The van der Waals surface area contributed by atoms with Gasteiger partial charge < -0.3 is 10.2 Å². The summed E-state index contributed by atoms with van der Waals surface area (Å²) in [5, 5.41) is 12.0. The van der Waals surface area contributed by atoms with Crippen LogP contribution >= 0.6 is 27.7 Å². The summed E-state index contributed by atoms with van der Waals surface area (Å²) >= 11 is 4.74. The molecular weight excluding hydrogens is 628 g/mol. The minimum atomic E-state index is -3.60. The molecule has 0 bridgehead atoms. The number of hydrogen-bond donors (Lipinski definition) is 1. The van der Waals surface area contributed by atoms with Crippen LogP contribution in [0.4, 0.5) is 5.69 Å². The first kappa shape index (κ1) is 29.0. The number of aromatic nitrogens is 3. The maximum atomic E-state index is 13.1. The molecule has 2 amide bonds. The monoisotopic (exact) mass is 654 g/mol. The van der Waals surface area contributed by atoms with Gasteiger partial charge in [-0.3, -0.25) is 14.2 Å². The first-order chi connectivity index (χ1) is 19.6. The number of benzene rings is 3. The van der Waals surface area contributed by atoms with Crippen molar-refractivity contribution in [3.8, 4) is 5.69 Å². The molecular formula is C28H27BrN6O4S2. The van der Waals surface area contributed by atoms with E-state index in [-0.39, 0.29) is 29.0 Å². The van der Waals surface area contributed by atoms with Gasteiger partial charge in [0.05, 0.1) is 17.2 Å². The predicted octanol–water partition coefficient (Wildman–Crippen LogP) is 3.89. The Morgan fingerprint density at radius 3 is 2.41 bits per heavy atom. The van der Waals surface area contributed by atoms with Gasteiger partial charge in [-0.1, -0.05) is 45.9 Å². The molecule has 0 radical (unpaired) electrons. The van der Waals surface area contributed by atoms with Crippen molar-refractivity contribution < 1.29 is 18.0 Å². The quantitative estimate of drug-likeness (QED) is 0.272. The number of thioether (sulfide) groups is 1. The Bertz CT molecular complexity index is 1690. The molecule has 0 fully saturated rings. The second-order valence-corrected chi connectivity index (χ2v) is 13.4. The smallest absolute Gasteiger partial charge is 0.251 e. The van der Waals surface area contributed by atoms with Gasteiger partial charge >= 0.3 is 0 Å². The van der Waals surface area contributed by atoms with E-state index in [2.05, 4.69) is 31.4 Å². The van der Waals surface area contributed by atoms with Gasteiger partial charge in [-0.2, -0.15) is 0 Å². The number of rotatable bonds is 9. The third-order valence-electron chi connectivity index (χ3n) is 6.60. The topological polar surface area (TPSA) is 118 Å². The van der Waals surface area contributed by atoms with Crippen molar-refractivity contribution in [1.29, 1.82) is 0 Å². The van der Waals surface area contributed by atoms with Crippen molar-refractivity contribution in [2.75, 3.05) is 31.3 Å². The Morgan fingerprint density at radius 1 is 1.00 bits per heavy atom. The van der Waals surface area contributed by atoms with Gasteiger partial charge in [-0.15, -0.1) is 10.2 Å². The van der Waals surface area contributed by atoms with Crippen LogP contribution in [0.3, 0.4) is 0 Å². The Kier molecular flexibility index (Phi) is 8.59. The van der Waals surface area contributed by atoms with Crippen LogP contribution in [0.5, 0.6) is 0 Å². The average molecular weight is 656 g/mol. The highest BCUT2D eigenvalue weighted by atomic mass is 79.9. The molecule has 0 saturated carbocycles. The van der Waals surface area contributed by atoms with E-state index >= 15 is 0 Å². The zero-order valence-electron chi connectivity index (χ0n) is 22.3. The Morgan fingerprint density at radius 2 is 1.71 bits per heavy atom. The number of para-hydroxylation sites is 1. The van der Waals surface area contributed by atoms with Crippen molar-refractivity contribution in [1.82, 2.24) is 24.4 Å². The Labute approximate surface area is 250 Å². The molecule has 4 aromatic rings. The summed E-state index contributed by atoms with van der Waals surface area (Å²) in [6.45, 7) is 0.713. The van der Waals surface area contributed by atoms with E-state index in [4.69, 9.17) is 0 Å². The van der Waals surface area contributed by atoms with Gasteiger partial charge in [0.1, 0.15) is 0 Å². The van der Waals surface area contributed by atoms with Crippen LogP contribution in [0.2, 0.25) is 0 Å². The first-order valence-electron chi connectivity index (χ1n) is 12.7. The van der Waals surface area contributed by atoms with Crippen molar-refractivity contribution in [3.05, 3.63) is 94.2 Å². The lowest BCUT2D eigenvalue weighted by atomic mass is 10.2. The van der Waals surface area contributed by atoms with Crippen molar-refractivity contribution in [2.24, 2.45) is 0 Å². The van der Waals surface area contributed by atoms with Crippen LogP contribution in [-0.2, 0) is 27.8 Å². The normalized spacial score (nSPS) is 12.9. The molecule has 13 heteroatoms. The van der Waals surface area contributed by atoms with Gasteiger partial charge in [0.2, 0.25) is 15.9 Å². The summed E-state index contributed by atoms with van der Waals surface area (Å²) in [6.07, 6.45) is 0.833. The second-order valence-electron chi connectivity index (χ2n) is 9.42. The molecule has 0 aliphatic carbocycles. The van der Waals surface area contributed by atoms with Gasteiger partial charge in [0, 0.05) is 42.1 Å². The lowest BCUT2D eigenvalue weighted by molar-refractivity contribution is -0.116. The lowest BCUT2D eigenvalue weighted by Gasteiger charge is -2.17. The zero-order chi connectivity index (χ0) is 29.1. The minimum Gasteiger partial charge on any atom is -0.345 e. The molecule has 0 unspecified atom stereocenters. The molecule has 2 heterocycles. The number of carbonyl (C=O) groups is 2. The number of hydrogen-bond acceptors (Lipinski definition) is 7. The van der Waals surface area contributed by atoms with E-state index in [1.165, 1.54) is 50.1 Å². The van der Waals surface area contributed by atoms with Gasteiger partial charge in [0.15, 0.2) is 11.0 Å². The highest BCUT2D eigenvalue weighted by molar-refractivity contribution is 9.10. The molecule has 1 aliphatic heterocycles. The molecule has 5 rings (SSSR count). The maximum absolute atomic E-state index is 13.1. The molecule has 3 aromatic carbocycles. The molecule has 0 saturated heterocycles. The number of amides is 2. The SMILES string of the molecule is CN(C)S(=O)(=O)c1ccc(C(=O)NCc2nnc(SCC(=O)N3CCc4ccccc43)n2-c2ccc(Br)cc2)cc1.